The Hall–Kier alpha value is -3.06. The molecule has 5 rings (SSSR count). The van der Waals surface area contributed by atoms with Crippen LogP contribution in [0.3, 0.4) is 0 Å². The largest absolute Gasteiger partial charge is 0.330 e. The molecule has 1 aromatic carbocycles. The van der Waals surface area contributed by atoms with E-state index in [1.807, 2.05) is 24.2 Å². The molecule has 3 aromatic rings. The van der Waals surface area contributed by atoms with Crippen LogP contribution in [0.1, 0.15) is 38.9 Å². The number of fused-ring (bicyclic) bond motifs is 1. The number of H-pyrrole nitrogens is 1. The lowest BCUT2D eigenvalue weighted by Gasteiger charge is -2.30. The van der Waals surface area contributed by atoms with E-state index in [1.165, 1.54) is 16.7 Å². The molecule has 0 saturated carbocycles. The second kappa shape index (κ2) is 7.65. The van der Waals surface area contributed by atoms with Gasteiger partial charge in [-0.1, -0.05) is 24.3 Å². The summed E-state index contributed by atoms with van der Waals surface area (Å²) in [4.78, 5) is 26.6. The maximum Gasteiger partial charge on any atom is 0.274 e. The van der Waals surface area contributed by atoms with Gasteiger partial charge in [0, 0.05) is 50.1 Å². The molecule has 0 radical (unpaired) electrons. The summed E-state index contributed by atoms with van der Waals surface area (Å²) in [6.07, 6.45) is 7.11. The number of carbonyl (C=O) groups excluding carboxylic acids is 1. The normalized spacial score (nSPS) is 23.7. The van der Waals surface area contributed by atoms with Gasteiger partial charge < -0.3 is 4.90 Å². The molecule has 2 saturated heterocycles. The second-order valence-electron chi connectivity index (χ2n) is 8.53. The average molecular weight is 403 g/mol. The van der Waals surface area contributed by atoms with E-state index in [-0.39, 0.29) is 11.9 Å². The summed E-state index contributed by atoms with van der Waals surface area (Å²) in [6, 6.07) is 8.49. The Morgan fingerprint density at radius 2 is 1.97 bits per heavy atom. The van der Waals surface area contributed by atoms with Gasteiger partial charge in [-0.05, 0) is 30.9 Å². The van der Waals surface area contributed by atoms with E-state index in [0.29, 0.717) is 17.5 Å². The fourth-order valence-electron chi connectivity index (χ4n) is 5.06. The van der Waals surface area contributed by atoms with Crippen molar-refractivity contribution < 1.29 is 4.79 Å². The molecule has 2 aromatic heterocycles. The van der Waals surface area contributed by atoms with Gasteiger partial charge in [0.15, 0.2) is 0 Å². The minimum Gasteiger partial charge on any atom is -0.330 e. The molecule has 154 valence electrons. The van der Waals surface area contributed by atoms with Crippen LogP contribution in [0.5, 0.6) is 0 Å². The molecular weight excluding hydrogens is 376 g/mol. The molecular formula is C23H26N6O. The maximum atomic E-state index is 13.4. The van der Waals surface area contributed by atoms with Gasteiger partial charge in [-0.2, -0.15) is 5.10 Å². The molecule has 7 nitrogen and oxygen atoms in total. The van der Waals surface area contributed by atoms with E-state index >= 15 is 0 Å². The quantitative estimate of drug-likeness (QED) is 0.726. The molecule has 0 unspecified atom stereocenters. The number of benzene rings is 1. The molecule has 2 aliphatic heterocycles. The smallest absolute Gasteiger partial charge is 0.274 e. The molecule has 4 heterocycles. The molecule has 2 fully saturated rings. The number of aromatic amines is 1. The molecule has 1 amide bonds. The van der Waals surface area contributed by atoms with Crippen LogP contribution in [0.25, 0.3) is 0 Å². The van der Waals surface area contributed by atoms with E-state index in [0.717, 1.165) is 31.9 Å². The minimum absolute atomic E-state index is 0.0217. The highest BCUT2D eigenvalue weighted by Gasteiger charge is 2.49. The van der Waals surface area contributed by atoms with Gasteiger partial charge in [-0.25, -0.2) is 4.98 Å². The van der Waals surface area contributed by atoms with Crippen molar-refractivity contribution in [2.24, 2.45) is 11.8 Å². The number of aromatic nitrogens is 4. The Balaban J connectivity index is 1.44. The van der Waals surface area contributed by atoms with Crippen LogP contribution in [0.2, 0.25) is 0 Å². The van der Waals surface area contributed by atoms with E-state index in [2.05, 4.69) is 56.3 Å². The zero-order valence-corrected chi connectivity index (χ0v) is 17.3. The number of nitrogens with zero attached hydrogens (tertiary/aromatic N) is 5. The molecule has 0 bridgehead atoms. The van der Waals surface area contributed by atoms with Crippen LogP contribution in [0.4, 0.5) is 0 Å². The van der Waals surface area contributed by atoms with E-state index in [4.69, 9.17) is 0 Å². The SMILES string of the molecule is Cc1cnc(C(=O)N2C[C@@H]3CN(Cc4cn[nH]c4)C[C@@H]3[C@H]2c2ccccc2C)cn1. The van der Waals surface area contributed by atoms with Crippen molar-refractivity contribution in [3.05, 3.63) is 77.1 Å². The molecule has 0 aliphatic carbocycles. The topological polar surface area (TPSA) is 78.0 Å². The third-order valence-electron chi connectivity index (χ3n) is 6.47. The summed E-state index contributed by atoms with van der Waals surface area (Å²) >= 11 is 0. The molecule has 7 heteroatoms. The Morgan fingerprint density at radius 3 is 2.70 bits per heavy atom. The van der Waals surface area contributed by atoms with Crippen LogP contribution in [0, 0.1) is 25.7 Å². The maximum absolute atomic E-state index is 13.4. The molecule has 0 spiro atoms. The van der Waals surface area contributed by atoms with E-state index in [9.17, 15) is 4.79 Å². The predicted octanol–water partition coefficient (Wildman–Crippen LogP) is 2.76. The zero-order chi connectivity index (χ0) is 20.7. The number of hydrogen-bond acceptors (Lipinski definition) is 5. The molecule has 2 aliphatic rings. The number of amides is 1. The monoisotopic (exact) mass is 402 g/mol. The second-order valence-corrected chi connectivity index (χ2v) is 8.53. The van der Waals surface area contributed by atoms with Crippen molar-refractivity contribution in [1.82, 2.24) is 30.0 Å². The number of hydrogen-bond donors (Lipinski definition) is 1. The molecule has 1 N–H and O–H groups in total. The minimum atomic E-state index is -0.0217. The van der Waals surface area contributed by atoms with Gasteiger partial charge in [0.05, 0.1) is 24.1 Å². The Labute approximate surface area is 176 Å². The summed E-state index contributed by atoms with van der Waals surface area (Å²) in [5.74, 6) is 0.829. The predicted molar refractivity (Wildman–Crippen MR) is 113 cm³/mol. The highest BCUT2D eigenvalue weighted by atomic mass is 16.2. The Kier molecular flexibility index (Phi) is 4.83. The van der Waals surface area contributed by atoms with Crippen LogP contribution < -0.4 is 0 Å². The first-order valence-electron chi connectivity index (χ1n) is 10.5. The van der Waals surface area contributed by atoms with Crippen molar-refractivity contribution in [3.63, 3.8) is 0 Å². The van der Waals surface area contributed by atoms with Crippen molar-refractivity contribution in [2.75, 3.05) is 19.6 Å². The first-order valence-corrected chi connectivity index (χ1v) is 10.5. The number of nitrogens with one attached hydrogen (secondary N) is 1. The van der Waals surface area contributed by atoms with Gasteiger partial charge in [-0.15, -0.1) is 0 Å². The average Bonchev–Trinajstić information content (AvgIpc) is 3.45. The Morgan fingerprint density at radius 1 is 1.10 bits per heavy atom. The van der Waals surface area contributed by atoms with Crippen molar-refractivity contribution >= 4 is 5.91 Å². The number of carbonyl (C=O) groups is 1. The Bertz CT molecular complexity index is 1030. The summed E-state index contributed by atoms with van der Waals surface area (Å²) in [5, 5.41) is 6.97. The van der Waals surface area contributed by atoms with Gasteiger partial charge in [0.1, 0.15) is 5.69 Å². The van der Waals surface area contributed by atoms with Crippen LogP contribution >= 0.6 is 0 Å². The van der Waals surface area contributed by atoms with E-state index in [1.54, 1.807) is 12.4 Å². The van der Waals surface area contributed by atoms with Gasteiger partial charge >= 0.3 is 0 Å². The fourth-order valence-corrected chi connectivity index (χ4v) is 5.06. The van der Waals surface area contributed by atoms with Gasteiger partial charge in [-0.3, -0.25) is 19.8 Å². The fraction of sp³-hybridized carbons (Fsp3) is 0.391. The third kappa shape index (κ3) is 3.39. The lowest BCUT2D eigenvalue weighted by molar-refractivity contribution is 0.0693. The lowest BCUT2D eigenvalue weighted by atomic mass is 9.87. The van der Waals surface area contributed by atoms with E-state index < -0.39 is 0 Å². The summed E-state index contributed by atoms with van der Waals surface area (Å²) in [5.41, 5.74) is 4.91. The first-order chi connectivity index (χ1) is 14.6. The van der Waals surface area contributed by atoms with Crippen LogP contribution in [-0.4, -0.2) is 55.5 Å². The molecule has 3 atom stereocenters. The van der Waals surface area contributed by atoms with Crippen molar-refractivity contribution in [1.29, 1.82) is 0 Å². The summed E-state index contributed by atoms with van der Waals surface area (Å²) in [7, 11) is 0. The van der Waals surface area contributed by atoms with Crippen molar-refractivity contribution in [3.8, 4) is 0 Å². The summed E-state index contributed by atoms with van der Waals surface area (Å²) < 4.78 is 0. The first kappa shape index (κ1) is 18.9. The van der Waals surface area contributed by atoms with Crippen LogP contribution in [0.15, 0.2) is 49.1 Å². The highest BCUT2D eigenvalue weighted by molar-refractivity contribution is 5.92. The number of aryl methyl sites for hydroxylation is 2. The van der Waals surface area contributed by atoms with Gasteiger partial charge in [0.2, 0.25) is 0 Å². The summed E-state index contributed by atoms with van der Waals surface area (Å²) in [6.45, 7) is 7.61. The zero-order valence-electron chi connectivity index (χ0n) is 17.3. The van der Waals surface area contributed by atoms with Crippen molar-refractivity contribution in [2.45, 2.75) is 26.4 Å². The van der Waals surface area contributed by atoms with Crippen LogP contribution in [-0.2, 0) is 6.54 Å². The number of likely N-dealkylation sites (tertiary alicyclic amines) is 2. The number of rotatable bonds is 4. The molecule has 30 heavy (non-hydrogen) atoms. The lowest BCUT2D eigenvalue weighted by Crippen LogP contribution is -2.36. The highest BCUT2D eigenvalue weighted by Crippen LogP contribution is 2.46. The van der Waals surface area contributed by atoms with Gasteiger partial charge in [0.25, 0.3) is 5.91 Å². The third-order valence-corrected chi connectivity index (χ3v) is 6.47. The standard InChI is InChI=1S/C23H26N6O/c1-15-5-3-4-6-19(15)22-20-14-28(11-17-8-26-27-9-17)12-18(20)13-29(22)23(30)21-10-24-16(2)7-25-21/h3-10,18,20,22H,11-14H2,1-2H3,(H,26,27)/t18-,20-,22+/m0/s1.